The van der Waals surface area contributed by atoms with Gasteiger partial charge in [-0.3, -0.25) is 0 Å². The summed E-state index contributed by atoms with van der Waals surface area (Å²) < 4.78 is 5.27. The van der Waals surface area contributed by atoms with E-state index in [0.29, 0.717) is 5.92 Å². The van der Waals surface area contributed by atoms with Crippen LogP contribution in [0.15, 0.2) is 30.3 Å². The van der Waals surface area contributed by atoms with Gasteiger partial charge in [-0.2, -0.15) is 0 Å². The van der Waals surface area contributed by atoms with Crippen LogP contribution in [0, 0.1) is 5.92 Å². The molecular weight excluding hydrogens is 266 g/mol. The summed E-state index contributed by atoms with van der Waals surface area (Å²) in [5, 5.41) is 12.7. The van der Waals surface area contributed by atoms with Gasteiger partial charge in [0.25, 0.3) is 0 Å². The van der Waals surface area contributed by atoms with E-state index < -0.39 is 0 Å². The highest BCUT2D eigenvalue weighted by atomic mass is 16.5. The third-order valence-corrected chi connectivity index (χ3v) is 4.21. The minimum Gasteiger partial charge on any atom is -0.445 e. The second-order valence-electron chi connectivity index (χ2n) is 5.80. The lowest BCUT2D eigenvalue weighted by Gasteiger charge is -2.32. The van der Waals surface area contributed by atoms with Gasteiger partial charge in [0.05, 0.1) is 6.10 Å². The molecule has 0 saturated heterocycles. The Balaban J connectivity index is 1.79. The lowest BCUT2D eigenvalue weighted by molar-refractivity contribution is 0.0808. The number of hydrogen-bond acceptors (Lipinski definition) is 3. The number of ether oxygens (including phenoxy) is 1. The van der Waals surface area contributed by atoms with Crippen LogP contribution < -0.4 is 5.32 Å². The SMILES string of the molecule is CC[C@H](NC(=O)OCc1ccccc1)[C@H]1CCCC(O)C1. The first-order valence-electron chi connectivity index (χ1n) is 7.84. The molecule has 1 amide bonds. The third-order valence-electron chi connectivity index (χ3n) is 4.21. The minimum atomic E-state index is -0.370. The van der Waals surface area contributed by atoms with Crippen LogP contribution in [-0.2, 0) is 11.3 Å². The Hall–Kier alpha value is -1.55. The Morgan fingerprint density at radius 1 is 1.38 bits per heavy atom. The number of benzene rings is 1. The molecule has 1 aromatic carbocycles. The van der Waals surface area contributed by atoms with E-state index in [1.54, 1.807) is 0 Å². The Kier molecular flexibility index (Phi) is 6.05. The number of hydrogen-bond donors (Lipinski definition) is 2. The lowest BCUT2D eigenvalue weighted by atomic mass is 9.81. The average molecular weight is 291 g/mol. The predicted molar refractivity (Wildman–Crippen MR) is 81.8 cm³/mol. The molecule has 0 aromatic heterocycles. The van der Waals surface area contributed by atoms with E-state index in [-0.39, 0.29) is 24.8 Å². The van der Waals surface area contributed by atoms with Crippen LogP contribution in [0.4, 0.5) is 4.79 Å². The summed E-state index contributed by atoms with van der Waals surface area (Å²) >= 11 is 0. The zero-order valence-corrected chi connectivity index (χ0v) is 12.6. The summed E-state index contributed by atoms with van der Waals surface area (Å²) in [7, 11) is 0. The van der Waals surface area contributed by atoms with Gasteiger partial charge >= 0.3 is 6.09 Å². The predicted octanol–water partition coefficient (Wildman–Crippen LogP) is 3.24. The van der Waals surface area contributed by atoms with Crippen molar-refractivity contribution >= 4 is 6.09 Å². The van der Waals surface area contributed by atoms with Crippen molar-refractivity contribution in [3.8, 4) is 0 Å². The summed E-state index contributed by atoms with van der Waals surface area (Å²) in [6.45, 7) is 2.35. The van der Waals surface area contributed by atoms with E-state index in [9.17, 15) is 9.90 Å². The zero-order valence-electron chi connectivity index (χ0n) is 12.6. The maximum absolute atomic E-state index is 11.9. The maximum atomic E-state index is 11.9. The molecule has 4 nitrogen and oxygen atoms in total. The van der Waals surface area contributed by atoms with Crippen molar-refractivity contribution in [2.45, 2.75) is 57.8 Å². The summed E-state index contributed by atoms with van der Waals surface area (Å²) in [6.07, 6.45) is 4.02. The topological polar surface area (TPSA) is 58.6 Å². The number of rotatable bonds is 5. The smallest absolute Gasteiger partial charge is 0.407 e. The number of amides is 1. The monoisotopic (exact) mass is 291 g/mol. The van der Waals surface area contributed by atoms with E-state index in [1.807, 2.05) is 30.3 Å². The quantitative estimate of drug-likeness (QED) is 0.875. The van der Waals surface area contributed by atoms with Crippen molar-refractivity contribution in [2.75, 3.05) is 0 Å². The number of alkyl carbamates (subject to hydrolysis) is 1. The number of carbonyl (C=O) groups excluding carboxylic acids is 1. The Morgan fingerprint density at radius 2 is 2.14 bits per heavy atom. The standard InChI is InChI=1S/C17H25NO3/c1-2-16(14-9-6-10-15(19)11-14)18-17(20)21-12-13-7-4-3-5-8-13/h3-5,7-8,14-16,19H,2,6,9-12H2,1H3,(H,18,20)/t14-,15?,16-/m0/s1. The van der Waals surface area contributed by atoms with Crippen LogP contribution >= 0.6 is 0 Å². The van der Waals surface area contributed by atoms with Crippen LogP contribution in [-0.4, -0.2) is 23.3 Å². The first kappa shape index (κ1) is 15.8. The van der Waals surface area contributed by atoms with Crippen LogP contribution in [0.2, 0.25) is 0 Å². The molecule has 3 atom stereocenters. The van der Waals surface area contributed by atoms with Crippen molar-refractivity contribution in [3.63, 3.8) is 0 Å². The Bertz CT molecular complexity index is 435. The van der Waals surface area contributed by atoms with Gasteiger partial charge in [0.1, 0.15) is 6.61 Å². The lowest BCUT2D eigenvalue weighted by Crippen LogP contribution is -2.42. The molecule has 1 aliphatic rings. The summed E-state index contributed by atoms with van der Waals surface area (Å²) in [5.41, 5.74) is 0.980. The van der Waals surface area contributed by atoms with Crippen molar-refractivity contribution in [3.05, 3.63) is 35.9 Å². The number of carbonyl (C=O) groups is 1. The van der Waals surface area contributed by atoms with E-state index in [1.165, 1.54) is 0 Å². The molecule has 0 aliphatic heterocycles. The first-order valence-corrected chi connectivity index (χ1v) is 7.84. The molecule has 1 saturated carbocycles. The summed E-state index contributed by atoms with van der Waals surface area (Å²) in [6, 6.07) is 9.74. The molecule has 4 heteroatoms. The van der Waals surface area contributed by atoms with E-state index >= 15 is 0 Å². The van der Waals surface area contributed by atoms with Gasteiger partial charge in [0.15, 0.2) is 0 Å². The second kappa shape index (κ2) is 8.03. The Morgan fingerprint density at radius 3 is 2.81 bits per heavy atom. The molecule has 1 fully saturated rings. The highest BCUT2D eigenvalue weighted by Gasteiger charge is 2.27. The molecule has 0 heterocycles. The van der Waals surface area contributed by atoms with Crippen LogP contribution in [0.1, 0.15) is 44.6 Å². The fourth-order valence-electron chi connectivity index (χ4n) is 3.04. The van der Waals surface area contributed by atoms with Gasteiger partial charge < -0.3 is 15.2 Å². The normalized spacial score (nSPS) is 23.3. The molecule has 0 bridgehead atoms. The number of aliphatic hydroxyl groups excluding tert-OH is 1. The molecule has 2 N–H and O–H groups in total. The molecular formula is C17H25NO3. The number of aliphatic hydroxyl groups is 1. The van der Waals surface area contributed by atoms with Gasteiger partial charge in [0.2, 0.25) is 0 Å². The van der Waals surface area contributed by atoms with Gasteiger partial charge in [-0.05, 0) is 37.2 Å². The second-order valence-corrected chi connectivity index (χ2v) is 5.80. The molecule has 1 unspecified atom stereocenters. The molecule has 0 spiro atoms. The van der Waals surface area contributed by atoms with Crippen molar-refractivity contribution in [2.24, 2.45) is 5.92 Å². The van der Waals surface area contributed by atoms with Gasteiger partial charge in [0, 0.05) is 6.04 Å². The van der Waals surface area contributed by atoms with Gasteiger partial charge in [-0.1, -0.05) is 43.7 Å². The van der Waals surface area contributed by atoms with Crippen molar-refractivity contribution < 1.29 is 14.6 Å². The highest BCUT2D eigenvalue weighted by Crippen LogP contribution is 2.28. The summed E-state index contributed by atoms with van der Waals surface area (Å²) in [4.78, 5) is 11.9. The molecule has 2 rings (SSSR count). The zero-order chi connectivity index (χ0) is 15.1. The van der Waals surface area contributed by atoms with Crippen LogP contribution in [0.5, 0.6) is 0 Å². The molecule has 1 aliphatic carbocycles. The Labute approximate surface area is 126 Å². The summed E-state index contributed by atoms with van der Waals surface area (Å²) in [5.74, 6) is 0.350. The largest absolute Gasteiger partial charge is 0.445 e. The van der Waals surface area contributed by atoms with E-state index in [0.717, 1.165) is 37.7 Å². The van der Waals surface area contributed by atoms with Gasteiger partial charge in [-0.15, -0.1) is 0 Å². The first-order chi connectivity index (χ1) is 10.2. The molecule has 0 radical (unpaired) electrons. The fraction of sp³-hybridized carbons (Fsp3) is 0.588. The molecule has 116 valence electrons. The van der Waals surface area contributed by atoms with E-state index in [2.05, 4.69) is 12.2 Å². The highest BCUT2D eigenvalue weighted by molar-refractivity contribution is 5.67. The molecule has 21 heavy (non-hydrogen) atoms. The average Bonchev–Trinajstić information content (AvgIpc) is 2.51. The van der Waals surface area contributed by atoms with Crippen LogP contribution in [0.25, 0.3) is 0 Å². The van der Waals surface area contributed by atoms with Crippen molar-refractivity contribution in [1.29, 1.82) is 0 Å². The van der Waals surface area contributed by atoms with E-state index in [4.69, 9.17) is 4.74 Å². The molecule has 1 aromatic rings. The number of nitrogens with one attached hydrogen (secondary N) is 1. The van der Waals surface area contributed by atoms with Crippen LogP contribution in [0.3, 0.4) is 0 Å². The maximum Gasteiger partial charge on any atom is 0.407 e. The third kappa shape index (κ3) is 5.05. The van der Waals surface area contributed by atoms with Crippen molar-refractivity contribution in [1.82, 2.24) is 5.32 Å². The fourth-order valence-corrected chi connectivity index (χ4v) is 3.04. The van der Waals surface area contributed by atoms with Gasteiger partial charge in [-0.25, -0.2) is 4.79 Å². The minimum absolute atomic E-state index is 0.0863.